The van der Waals surface area contributed by atoms with Crippen molar-refractivity contribution in [3.8, 4) is 0 Å². The first kappa shape index (κ1) is 11.8. The van der Waals surface area contributed by atoms with Crippen molar-refractivity contribution >= 4 is 5.91 Å². The Bertz CT molecular complexity index is 411. The first-order valence-corrected chi connectivity index (χ1v) is 6.80. The predicted octanol–water partition coefficient (Wildman–Crippen LogP) is 1.91. The fourth-order valence-corrected chi connectivity index (χ4v) is 3.32. The van der Waals surface area contributed by atoms with Gasteiger partial charge < -0.3 is 9.73 Å². The van der Waals surface area contributed by atoms with Crippen molar-refractivity contribution in [2.75, 3.05) is 13.1 Å². The van der Waals surface area contributed by atoms with Crippen molar-refractivity contribution in [3.05, 3.63) is 24.2 Å². The summed E-state index contributed by atoms with van der Waals surface area (Å²) < 4.78 is 5.11. The van der Waals surface area contributed by atoms with Crippen molar-refractivity contribution in [2.24, 2.45) is 0 Å². The first-order chi connectivity index (χ1) is 8.76. The van der Waals surface area contributed by atoms with Gasteiger partial charge in [0, 0.05) is 25.1 Å². The Morgan fingerprint density at radius 3 is 3.06 bits per heavy atom. The normalized spacial score (nSPS) is 29.4. The largest absolute Gasteiger partial charge is 0.472 e. The summed E-state index contributed by atoms with van der Waals surface area (Å²) in [4.78, 5) is 14.0. The van der Waals surface area contributed by atoms with Gasteiger partial charge in [-0.2, -0.15) is 0 Å². The maximum absolute atomic E-state index is 11.6. The molecule has 0 bridgehead atoms. The summed E-state index contributed by atoms with van der Waals surface area (Å²) in [6.45, 7) is 3.01. The summed E-state index contributed by atoms with van der Waals surface area (Å²) in [7, 11) is 0. The maximum atomic E-state index is 11.6. The van der Waals surface area contributed by atoms with E-state index in [2.05, 4.69) is 10.2 Å². The van der Waals surface area contributed by atoms with Gasteiger partial charge in [0.25, 0.3) is 0 Å². The van der Waals surface area contributed by atoms with Crippen LogP contribution in [0.1, 0.15) is 37.7 Å². The van der Waals surface area contributed by atoms with Gasteiger partial charge in [0.05, 0.1) is 18.1 Å². The smallest absolute Gasteiger partial charge is 0.220 e. The molecule has 2 saturated heterocycles. The summed E-state index contributed by atoms with van der Waals surface area (Å²) in [5.41, 5.74) is 1.26. The standard InChI is InChI=1S/C14H20N2O2/c17-13-3-1-5-14(15-13)6-2-7-16(11-14)9-12-4-8-18-10-12/h4,8,10H,1-3,5-7,9,11H2,(H,15,17)/t14-/m1/s1. The van der Waals surface area contributed by atoms with Crippen LogP contribution in [0.2, 0.25) is 0 Å². The molecule has 98 valence electrons. The number of nitrogens with one attached hydrogen (secondary N) is 1. The quantitative estimate of drug-likeness (QED) is 0.869. The monoisotopic (exact) mass is 248 g/mol. The molecule has 0 radical (unpaired) electrons. The van der Waals surface area contributed by atoms with Crippen molar-refractivity contribution in [2.45, 2.75) is 44.2 Å². The average molecular weight is 248 g/mol. The van der Waals surface area contributed by atoms with Gasteiger partial charge in [-0.05, 0) is 38.3 Å². The molecule has 3 rings (SSSR count). The van der Waals surface area contributed by atoms with Crippen molar-refractivity contribution in [1.82, 2.24) is 10.2 Å². The van der Waals surface area contributed by atoms with Crippen LogP contribution >= 0.6 is 0 Å². The number of hydrogen-bond acceptors (Lipinski definition) is 3. The van der Waals surface area contributed by atoms with Crippen molar-refractivity contribution < 1.29 is 9.21 Å². The lowest BCUT2D eigenvalue weighted by Gasteiger charge is -2.45. The molecule has 0 saturated carbocycles. The van der Waals surface area contributed by atoms with E-state index in [1.807, 2.05) is 6.07 Å². The van der Waals surface area contributed by atoms with Crippen LogP contribution in [0, 0.1) is 0 Å². The topological polar surface area (TPSA) is 45.5 Å². The molecule has 2 fully saturated rings. The highest BCUT2D eigenvalue weighted by Gasteiger charge is 2.38. The number of furan rings is 1. The van der Waals surface area contributed by atoms with Gasteiger partial charge in [-0.15, -0.1) is 0 Å². The molecular formula is C14H20N2O2. The molecule has 2 aliphatic heterocycles. The number of amides is 1. The summed E-state index contributed by atoms with van der Waals surface area (Å²) in [5.74, 6) is 0.228. The molecule has 1 amide bonds. The van der Waals surface area contributed by atoms with E-state index in [-0.39, 0.29) is 11.4 Å². The van der Waals surface area contributed by atoms with E-state index in [4.69, 9.17) is 4.42 Å². The Hall–Kier alpha value is -1.29. The Labute approximate surface area is 107 Å². The zero-order valence-corrected chi connectivity index (χ0v) is 10.7. The SMILES string of the molecule is O=C1CCC[C@]2(CCCN(Cc3ccoc3)C2)N1. The minimum absolute atomic E-state index is 0.0390. The minimum atomic E-state index is 0.0390. The van der Waals surface area contributed by atoms with E-state index >= 15 is 0 Å². The number of nitrogens with zero attached hydrogens (tertiary/aromatic N) is 1. The number of carbonyl (C=O) groups excluding carboxylic acids is 1. The molecule has 1 aromatic heterocycles. The molecule has 1 spiro atoms. The predicted molar refractivity (Wildman–Crippen MR) is 67.9 cm³/mol. The fourth-order valence-electron chi connectivity index (χ4n) is 3.32. The Kier molecular flexibility index (Phi) is 3.12. The highest BCUT2D eigenvalue weighted by Crippen LogP contribution is 2.30. The van der Waals surface area contributed by atoms with Crippen LogP contribution in [0.15, 0.2) is 23.0 Å². The van der Waals surface area contributed by atoms with Crippen LogP contribution in [-0.4, -0.2) is 29.4 Å². The van der Waals surface area contributed by atoms with Crippen LogP contribution < -0.4 is 5.32 Å². The van der Waals surface area contributed by atoms with Gasteiger partial charge in [-0.25, -0.2) is 0 Å². The summed E-state index contributed by atoms with van der Waals surface area (Å²) >= 11 is 0. The third-order valence-corrected chi connectivity index (χ3v) is 4.11. The molecule has 2 aliphatic rings. The number of rotatable bonds is 2. The molecule has 0 aliphatic carbocycles. The molecule has 18 heavy (non-hydrogen) atoms. The molecule has 1 aromatic rings. The zero-order valence-electron chi connectivity index (χ0n) is 10.7. The van der Waals surface area contributed by atoms with Crippen LogP contribution in [0.5, 0.6) is 0 Å². The zero-order chi connectivity index (χ0) is 12.4. The van der Waals surface area contributed by atoms with E-state index in [1.165, 1.54) is 5.56 Å². The second kappa shape index (κ2) is 4.76. The van der Waals surface area contributed by atoms with Gasteiger partial charge in [-0.1, -0.05) is 0 Å². The Morgan fingerprint density at radius 1 is 1.39 bits per heavy atom. The number of hydrogen-bond donors (Lipinski definition) is 1. The van der Waals surface area contributed by atoms with Crippen LogP contribution in [0.4, 0.5) is 0 Å². The molecule has 4 heteroatoms. The molecule has 0 aromatic carbocycles. The third kappa shape index (κ3) is 2.43. The molecule has 1 N–H and O–H groups in total. The van der Waals surface area contributed by atoms with Gasteiger partial charge >= 0.3 is 0 Å². The molecule has 0 unspecified atom stereocenters. The third-order valence-electron chi connectivity index (χ3n) is 4.11. The lowest BCUT2D eigenvalue weighted by atomic mass is 9.81. The van der Waals surface area contributed by atoms with E-state index in [0.717, 1.165) is 45.3 Å². The average Bonchev–Trinajstić information content (AvgIpc) is 2.81. The fraction of sp³-hybridized carbons (Fsp3) is 0.643. The lowest BCUT2D eigenvalue weighted by molar-refractivity contribution is -0.126. The van der Waals surface area contributed by atoms with Gasteiger partial charge in [0.2, 0.25) is 5.91 Å². The summed E-state index contributed by atoms with van der Waals surface area (Å²) in [6, 6.07) is 2.01. The number of piperidine rings is 2. The first-order valence-electron chi connectivity index (χ1n) is 6.80. The van der Waals surface area contributed by atoms with Crippen molar-refractivity contribution in [3.63, 3.8) is 0 Å². The summed E-state index contributed by atoms with van der Waals surface area (Å²) in [6.07, 6.45) is 8.67. The van der Waals surface area contributed by atoms with Gasteiger partial charge in [-0.3, -0.25) is 9.69 Å². The van der Waals surface area contributed by atoms with Crippen LogP contribution in [0.3, 0.4) is 0 Å². The van der Waals surface area contributed by atoms with E-state index in [1.54, 1.807) is 12.5 Å². The highest BCUT2D eigenvalue weighted by molar-refractivity contribution is 5.77. The van der Waals surface area contributed by atoms with E-state index in [9.17, 15) is 4.79 Å². The van der Waals surface area contributed by atoms with E-state index in [0.29, 0.717) is 6.42 Å². The molecular weight excluding hydrogens is 228 g/mol. The summed E-state index contributed by atoms with van der Waals surface area (Å²) in [5, 5.41) is 3.24. The molecule has 1 atom stereocenters. The Morgan fingerprint density at radius 2 is 2.28 bits per heavy atom. The second-order valence-electron chi connectivity index (χ2n) is 5.63. The van der Waals surface area contributed by atoms with E-state index < -0.39 is 0 Å². The Balaban J connectivity index is 1.66. The number of carbonyl (C=O) groups is 1. The maximum Gasteiger partial charge on any atom is 0.220 e. The van der Waals surface area contributed by atoms with Crippen molar-refractivity contribution in [1.29, 1.82) is 0 Å². The molecule has 4 nitrogen and oxygen atoms in total. The van der Waals surface area contributed by atoms with Gasteiger partial charge in [0.1, 0.15) is 0 Å². The van der Waals surface area contributed by atoms with Crippen LogP contribution in [-0.2, 0) is 11.3 Å². The minimum Gasteiger partial charge on any atom is -0.472 e. The van der Waals surface area contributed by atoms with Gasteiger partial charge in [0.15, 0.2) is 0 Å². The lowest BCUT2D eigenvalue weighted by Crippen LogP contribution is -2.60. The highest BCUT2D eigenvalue weighted by atomic mass is 16.3. The second-order valence-corrected chi connectivity index (χ2v) is 5.63. The molecule has 3 heterocycles. The number of likely N-dealkylation sites (tertiary alicyclic amines) is 1. The van der Waals surface area contributed by atoms with Crippen LogP contribution in [0.25, 0.3) is 0 Å².